The molecule has 0 radical (unpaired) electrons. The predicted octanol–water partition coefficient (Wildman–Crippen LogP) is 0.509. The van der Waals surface area contributed by atoms with E-state index in [0.29, 0.717) is 18.8 Å². The molecule has 0 aliphatic carbocycles. The van der Waals surface area contributed by atoms with Gasteiger partial charge in [0.25, 0.3) is 0 Å². The lowest BCUT2D eigenvalue weighted by molar-refractivity contribution is -0.156. The Kier molecular flexibility index (Phi) is 4.22. The molecule has 0 amide bonds. The Morgan fingerprint density at radius 2 is 2.24 bits per heavy atom. The molecule has 6 nitrogen and oxygen atoms in total. The summed E-state index contributed by atoms with van der Waals surface area (Å²) in [4.78, 5) is 15.7. The van der Waals surface area contributed by atoms with Gasteiger partial charge in [-0.2, -0.15) is 5.10 Å². The Bertz CT molecular complexity index is 381. The topological polar surface area (TPSA) is 83.0 Å². The molecule has 2 N–H and O–H groups in total. The number of hydrogen-bond acceptors (Lipinski definition) is 5. The highest BCUT2D eigenvalue weighted by Gasteiger charge is 2.23. The number of aryl methyl sites for hydroxylation is 1. The van der Waals surface area contributed by atoms with Crippen LogP contribution < -0.4 is 5.73 Å². The number of nitrogens with zero attached hydrogens (tertiary/aromatic N) is 3. The summed E-state index contributed by atoms with van der Waals surface area (Å²) in [7, 11) is 0. The third kappa shape index (κ3) is 4.14. The highest BCUT2D eigenvalue weighted by molar-refractivity contribution is 5.76. The Hall–Kier alpha value is -1.43. The summed E-state index contributed by atoms with van der Waals surface area (Å²) >= 11 is 0. The van der Waals surface area contributed by atoms with Crippen molar-refractivity contribution < 1.29 is 9.53 Å². The molecule has 0 fully saturated rings. The number of esters is 1. The summed E-state index contributed by atoms with van der Waals surface area (Å²) in [6.45, 7) is 8.10. The van der Waals surface area contributed by atoms with Crippen molar-refractivity contribution in [3.05, 3.63) is 12.2 Å². The zero-order chi connectivity index (χ0) is 13.1. The van der Waals surface area contributed by atoms with Crippen LogP contribution in [0.4, 0.5) is 0 Å². The minimum Gasteiger partial charge on any atom is -0.459 e. The van der Waals surface area contributed by atoms with Crippen LogP contribution in [0, 0.1) is 0 Å². The smallest absolute Gasteiger partial charge is 0.323 e. The highest BCUT2D eigenvalue weighted by Crippen LogP contribution is 2.09. The Labute approximate surface area is 101 Å². The van der Waals surface area contributed by atoms with E-state index in [1.54, 1.807) is 4.68 Å². The Morgan fingerprint density at radius 1 is 1.59 bits per heavy atom. The van der Waals surface area contributed by atoms with Crippen LogP contribution in [0.5, 0.6) is 0 Å². The molecule has 0 aromatic carbocycles. The van der Waals surface area contributed by atoms with Crippen molar-refractivity contribution in [2.45, 2.75) is 52.3 Å². The van der Waals surface area contributed by atoms with Gasteiger partial charge in [-0.3, -0.25) is 9.48 Å². The van der Waals surface area contributed by atoms with Gasteiger partial charge in [0, 0.05) is 13.0 Å². The van der Waals surface area contributed by atoms with Gasteiger partial charge in [-0.05, 0) is 27.7 Å². The van der Waals surface area contributed by atoms with Gasteiger partial charge in [0.15, 0.2) is 0 Å². The van der Waals surface area contributed by atoms with E-state index in [0.717, 1.165) is 0 Å². The third-order valence-electron chi connectivity index (χ3n) is 2.11. The van der Waals surface area contributed by atoms with E-state index < -0.39 is 17.6 Å². The molecule has 0 bridgehead atoms. The fraction of sp³-hybridized carbons (Fsp3) is 0.727. The van der Waals surface area contributed by atoms with E-state index in [-0.39, 0.29) is 0 Å². The lowest BCUT2D eigenvalue weighted by Crippen LogP contribution is -2.39. The van der Waals surface area contributed by atoms with Crippen LogP contribution in [-0.2, 0) is 22.5 Å². The largest absolute Gasteiger partial charge is 0.459 e. The fourth-order valence-corrected chi connectivity index (χ4v) is 1.37. The molecule has 1 aromatic rings. The van der Waals surface area contributed by atoms with Gasteiger partial charge < -0.3 is 10.5 Å². The molecule has 0 saturated carbocycles. The molecular formula is C11H20N4O2. The number of nitrogens with two attached hydrogens (primary N) is 1. The summed E-state index contributed by atoms with van der Waals surface area (Å²) < 4.78 is 6.91. The third-order valence-corrected chi connectivity index (χ3v) is 2.11. The van der Waals surface area contributed by atoms with E-state index in [1.807, 2.05) is 27.7 Å². The number of carbonyl (C=O) groups excluding carboxylic acids is 1. The predicted molar refractivity (Wildman–Crippen MR) is 63.2 cm³/mol. The molecule has 1 heterocycles. The van der Waals surface area contributed by atoms with Crippen LogP contribution in [-0.4, -0.2) is 32.4 Å². The van der Waals surface area contributed by atoms with Crippen LogP contribution in [0.2, 0.25) is 0 Å². The first-order chi connectivity index (χ1) is 7.83. The molecule has 0 aliphatic heterocycles. The number of aromatic nitrogens is 3. The van der Waals surface area contributed by atoms with Crippen LogP contribution in [0.1, 0.15) is 33.5 Å². The van der Waals surface area contributed by atoms with Crippen molar-refractivity contribution in [3.63, 3.8) is 0 Å². The number of rotatable bonds is 4. The average Bonchev–Trinajstić information content (AvgIpc) is 2.62. The van der Waals surface area contributed by atoms with Crippen molar-refractivity contribution in [1.82, 2.24) is 14.8 Å². The van der Waals surface area contributed by atoms with Gasteiger partial charge in [0.2, 0.25) is 0 Å². The first kappa shape index (κ1) is 13.6. The van der Waals surface area contributed by atoms with Gasteiger partial charge in [0.1, 0.15) is 23.8 Å². The molecule has 6 heteroatoms. The SMILES string of the molecule is CCn1ncnc1CC(N)C(=O)OC(C)(C)C. The second-order valence-corrected chi connectivity index (χ2v) is 4.84. The van der Waals surface area contributed by atoms with Crippen molar-refractivity contribution in [2.24, 2.45) is 5.73 Å². The number of ether oxygens (including phenoxy) is 1. The zero-order valence-electron chi connectivity index (χ0n) is 10.8. The maximum atomic E-state index is 11.7. The average molecular weight is 240 g/mol. The summed E-state index contributed by atoms with van der Waals surface area (Å²) in [5.41, 5.74) is 5.26. The first-order valence-electron chi connectivity index (χ1n) is 5.68. The van der Waals surface area contributed by atoms with Gasteiger partial charge in [-0.15, -0.1) is 0 Å². The second kappa shape index (κ2) is 5.27. The standard InChI is InChI=1S/C11H20N4O2/c1-5-15-9(13-7-14-15)6-8(12)10(16)17-11(2,3)4/h7-8H,5-6,12H2,1-4H3. The minimum absolute atomic E-state index is 0.336. The first-order valence-corrected chi connectivity index (χ1v) is 5.68. The van der Waals surface area contributed by atoms with Gasteiger partial charge in [0.05, 0.1) is 0 Å². The Balaban J connectivity index is 2.60. The van der Waals surface area contributed by atoms with Crippen molar-refractivity contribution in [3.8, 4) is 0 Å². The van der Waals surface area contributed by atoms with E-state index in [4.69, 9.17) is 10.5 Å². The maximum absolute atomic E-state index is 11.7. The van der Waals surface area contributed by atoms with Crippen LogP contribution in [0.25, 0.3) is 0 Å². The zero-order valence-corrected chi connectivity index (χ0v) is 10.8. The maximum Gasteiger partial charge on any atom is 0.323 e. The van der Waals surface area contributed by atoms with Crippen molar-refractivity contribution in [2.75, 3.05) is 0 Å². The van der Waals surface area contributed by atoms with Crippen LogP contribution >= 0.6 is 0 Å². The van der Waals surface area contributed by atoms with Crippen LogP contribution in [0.15, 0.2) is 6.33 Å². The summed E-state index contributed by atoms with van der Waals surface area (Å²) in [5.74, 6) is 0.286. The van der Waals surface area contributed by atoms with Gasteiger partial charge in [-0.25, -0.2) is 4.98 Å². The lowest BCUT2D eigenvalue weighted by Gasteiger charge is -2.22. The lowest BCUT2D eigenvalue weighted by atomic mass is 10.1. The molecule has 1 atom stereocenters. The summed E-state index contributed by atoms with van der Waals surface area (Å²) in [5, 5.41) is 4.02. The van der Waals surface area contributed by atoms with Crippen molar-refractivity contribution >= 4 is 5.97 Å². The summed E-state index contributed by atoms with van der Waals surface area (Å²) in [6, 6.07) is -0.705. The second-order valence-electron chi connectivity index (χ2n) is 4.84. The fourth-order valence-electron chi connectivity index (χ4n) is 1.37. The number of carbonyl (C=O) groups is 1. The van der Waals surface area contributed by atoms with E-state index in [1.165, 1.54) is 6.33 Å². The molecule has 0 spiro atoms. The molecule has 96 valence electrons. The van der Waals surface area contributed by atoms with Gasteiger partial charge >= 0.3 is 5.97 Å². The number of hydrogen-bond donors (Lipinski definition) is 1. The quantitative estimate of drug-likeness (QED) is 0.775. The van der Waals surface area contributed by atoms with Gasteiger partial charge in [-0.1, -0.05) is 0 Å². The van der Waals surface area contributed by atoms with Crippen LogP contribution in [0.3, 0.4) is 0 Å². The summed E-state index contributed by atoms with van der Waals surface area (Å²) in [6.07, 6.45) is 1.80. The highest BCUT2D eigenvalue weighted by atomic mass is 16.6. The molecule has 17 heavy (non-hydrogen) atoms. The molecule has 1 unspecified atom stereocenters. The van der Waals surface area contributed by atoms with E-state index in [2.05, 4.69) is 10.1 Å². The van der Waals surface area contributed by atoms with Crippen molar-refractivity contribution in [1.29, 1.82) is 0 Å². The molecule has 1 aromatic heterocycles. The Morgan fingerprint density at radius 3 is 2.76 bits per heavy atom. The molecule has 0 saturated heterocycles. The molecule has 0 aliphatic rings. The monoisotopic (exact) mass is 240 g/mol. The normalized spacial score (nSPS) is 13.5. The molecule has 1 rings (SSSR count). The van der Waals surface area contributed by atoms with E-state index >= 15 is 0 Å². The molecular weight excluding hydrogens is 220 g/mol. The minimum atomic E-state index is -0.705. The van der Waals surface area contributed by atoms with E-state index in [9.17, 15) is 4.79 Å².